The number of carbonyl (C=O) groups excluding carboxylic acids is 1. The van der Waals surface area contributed by atoms with Gasteiger partial charge in [0.05, 0.1) is 11.8 Å². The second-order valence-electron chi connectivity index (χ2n) is 8.77. The minimum absolute atomic E-state index is 0.111. The molecule has 1 aliphatic rings. The monoisotopic (exact) mass is 393 g/mol. The van der Waals surface area contributed by atoms with E-state index in [9.17, 15) is 4.79 Å². The summed E-state index contributed by atoms with van der Waals surface area (Å²) in [6.07, 6.45) is 4.94. The molecule has 4 nitrogen and oxygen atoms in total. The van der Waals surface area contributed by atoms with Crippen LogP contribution in [0.15, 0.2) is 34.7 Å². The van der Waals surface area contributed by atoms with Gasteiger partial charge < -0.3 is 4.98 Å². The number of aromatic amines is 1. The summed E-state index contributed by atoms with van der Waals surface area (Å²) < 4.78 is 0. The minimum Gasteiger partial charge on any atom is -0.358 e. The van der Waals surface area contributed by atoms with Crippen molar-refractivity contribution >= 4 is 34.4 Å². The van der Waals surface area contributed by atoms with Gasteiger partial charge in [-0.25, -0.2) is 5.43 Å². The summed E-state index contributed by atoms with van der Waals surface area (Å²) in [5, 5.41) is 7.35. The van der Waals surface area contributed by atoms with Crippen molar-refractivity contribution < 1.29 is 4.79 Å². The smallest absolute Gasteiger partial charge is 0.272 e. The van der Waals surface area contributed by atoms with Crippen LogP contribution in [0.2, 0.25) is 0 Å². The van der Waals surface area contributed by atoms with Crippen molar-refractivity contribution in [1.82, 2.24) is 10.4 Å². The summed E-state index contributed by atoms with van der Waals surface area (Å²) in [5.41, 5.74) is 8.19. The second kappa shape index (κ2) is 7.21. The molecule has 3 aromatic rings. The van der Waals surface area contributed by atoms with E-state index in [0.29, 0.717) is 11.3 Å². The molecule has 0 unspecified atom stereocenters. The zero-order valence-corrected chi connectivity index (χ0v) is 17.7. The Kier molecular flexibility index (Phi) is 4.88. The highest BCUT2D eigenvalue weighted by Crippen LogP contribution is 2.40. The summed E-state index contributed by atoms with van der Waals surface area (Å²) in [4.78, 5) is 17.4. The third-order valence-electron chi connectivity index (χ3n) is 5.93. The average molecular weight is 394 g/mol. The lowest BCUT2D eigenvalue weighted by atomic mass is 9.72. The van der Waals surface area contributed by atoms with E-state index in [-0.39, 0.29) is 5.91 Å². The zero-order valence-electron chi connectivity index (χ0n) is 16.9. The highest BCUT2D eigenvalue weighted by Gasteiger charge is 2.31. The van der Waals surface area contributed by atoms with Gasteiger partial charge in [0.25, 0.3) is 5.91 Å². The maximum atomic E-state index is 12.7. The largest absolute Gasteiger partial charge is 0.358 e. The fourth-order valence-corrected chi connectivity index (χ4v) is 5.28. The van der Waals surface area contributed by atoms with E-state index in [2.05, 4.69) is 42.3 Å². The lowest BCUT2D eigenvalue weighted by Gasteiger charge is -2.33. The maximum Gasteiger partial charge on any atom is 0.272 e. The molecule has 4 rings (SSSR count). The molecule has 0 aliphatic heterocycles. The number of H-pyrrole nitrogens is 1. The van der Waals surface area contributed by atoms with Crippen molar-refractivity contribution in [3.8, 4) is 0 Å². The average Bonchev–Trinajstić information content (AvgIpc) is 3.21. The molecule has 0 saturated heterocycles. The molecule has 1 aromatic carbocycles. The zero-order chi connectivity index (χ0) is 19.9. The standard InChI is InChI=1S/C23H27N3OS/c1-14-18(16-7-5-6-8-20(16)25-14)12-24-26-22(27)19-13-28-21-11-15(23(2,3)4)9-10-17(19)21/h5-8,12-13,15,25H,9-11H2,1-4H3,(H,26,27)/t15-/m0/s1. The van der Waals surface area contributed by atoms with Crippen LogP contribution < -0.4 is 5.43 Å². The summed E-state index contributed by atoms with van der Waals surface area (Å²) in [6, 6.07) is 8.11. The second-order valence-corrected chi connectivity index (χ2v) is 9.73. The highest BCUT2D eigenvalue weighted by molar-refractivity contribution is 7.10. The van der Waals surface area contributed by atoms with Gasteiger partial charge >= 0.3 is 0 Å². The van der Waals surface area contributed by atoms with Crippen LogP contribution in [-0.4, -0.2) is 17.1 Å². The Labute approximate surface area is 170 Å². The Morgan fingerprint density at radius 1 is 1.32 bits per heavy atom. The van der Waals surface area contributed by atoms with Gasteiger partial charge in [-0.15, -0.1) is 11.3 Å². The van der Waals surface area contributed by atoms with E-state index in [0.717, 1.165) is 47.0 Å². The van der Waals surface area contributed by atoms with E-state index in [1.807, 2.05) is 30.5 Å². The maximum absolute atomic E-state index is 12.7. The number of hydrogen-bond acceptors (Lipinski definition) is 3. The topological polar surface area (TPSA) is 57.2 Å². The molecule has 0 saturated carbocycles. The van der Waals surface area contributed by atoms with Crippen LogP contribution in [0.5, 0.6) is 0 Å². The van der Waals surface area contributed by atoms with Crippen molar-refractivity contribution in [2.24, 2.45) is 16.4 Å². The summed E-state index contributed by atoms with van der Waals surface area (Å²) in [7, 11) is 0. The number of carbonyl (C=O) groups is 1. The van der Waals surface area contributed by atoms with Gasteiger partial charge in [-0.3, -0.25) is 4.79 Å². The van der Waals surface area contributed by atoms with Crippen molar-refractivity contribution in [3.63, 3.8) is 0 Å². The number of para-hydroxylation sites is 1. The van der Waals surface area contributed by atoms with Crippen LogP contribution >= 0.6 is 11.3 Å². The van der Waals surface area contributed by atoms with Gasteiger partial charge in [-0.1, -0.05) is 39.0 Å². The van der Waals surface area contributed by atoms with E-state index in [4.69, 9.17) is 0 Å². The molecule has 2 N–H and O–H groups in total. The molecule has 2 aromatic heterocycles. The molecule has 0 spiro atoms. The van der Waals surface area contributed by atoms with Crippen molar-refractivity contribution in [2.75, 3.05) is 0 Å². The highest BCUT2D eigenvalue weighted by atomic mass is 32.1. The van der Waals surface area contributed by atoms with Crippen LogP contribution in [0.1, 0.15) is 59.2 Å². The number of amides is 1. The molecule has 1 amide bonds. The summed E-state index contributed by atoms with van der Waals surface area (Å²) in [6.45, 7) is 8.95. The number of rotatable bonds is 3. The Morgan fingerprint density at radius 2 is 2.11 bits per heavy atom. The quantitative estimate of drug-likeness (QED) is 0.451. The van der Waals surface area contributed by atoms with Crippen LogP contribution in [0.4, 0.5) is 0 Å². The van der Waals surface area contributed by atoms with Gasteiger partial charge in [0, 0.05) is 32.4 Å². The molecule has 2 heterocycles. The molecule has 5 heteroatoms. The number of nitrogens with zero attached hydrogens (tertiary/aromatic N) is 1. The van der Waals surface area contributed by atoms with Gasteiger partial charge in [-0.2, -0.15) is 5.10 Å². The van der Waals surface area contributed by atoms with Crippen molar-refractivity contribution in [3.05, 3.63) is 56.9 Å². The summed E-state index contributed by atoms with van der Waals surface area (Å²) in [5.74, 6) is 0.567. The molecule has 28 heavy (non-hydrogen) atoms. The van der Waals surface area contributed by atoms with Gasteiger partial charge in [0.2, 0.25) is 0 Å². The van der Waals surface area contributed by atoms with E-state index in [1.54, 1.807) is 17.6 Å². The van der Waals surface area contributed by atoms with Crippen molar-refractivity contribution in [1.29, 1.82) is 0 Å². The van der Waals surface area contributed by atoms with E-state index < -0.39 is 0 Å². The molecule has 146 valence electrons. The summed E-state index contributed by atoms with van der Waals surface area (Å²) >= 11 is 1.72. The molecule has 0 bridgehead atoms. The fourth-order valence-electron chi connectivity index (χ4n) is 4.12. The lowest BCUT2D eigenvalue weighted by Crippen LogP contribution is -2.27. The predicted octanol–water partition coefficient (Wildman–Crippen LogP) is 5.45. The number of fused-ring (bicyclic) bond motifs is 2. The fraction of sp³-hybridized carbons (Fsp3) is 0.391. The molecular formula is C23H27N3OS. The molecule has 0 radical (unpaired) electrons. The normalized spacial score (nSPS) is 17.2. The third kappa shape index (κ3) is 3.51. The minimum atomic E-state index is -0.111. The first kappa shape index (κ1) is 18.9. The molecule has 0 fully saturated rings. The molecule has 1 aliphatic carbocycles. The number of hydrogen-bond donors (Lipinski definition) is 2. The van der Waals surface area contributed by atoms with Gasteiger partial charge in [-0.05, 0) is 49.1 Å². The van der Waals surface area contributed by atoms with Crippen molar-refractivity contribution in [2.45, 2.75) is 47.0 Å². The first-order chi connectivity index (χ1) is 13.3. The molecular weight excluding hydrogens is 366 g/mol. The van der Waals surface area contributed by atoms with E-state index in [1.165, 1.54) is 10.4 Å². The Morgan fingerprint density at radius 3 is 2.89 bits per heavy atom. The van der Waals surface area contributed by atoms with Crippen LogP contribution in [0.3, 0.4) is 0 Å². The predicted molar refractivity (Wildman–Crippen MR) is 117 cm³/mol. The number of thiophene rings is 1. The van der Waals surface area contributed by atoms with Crippen LogP contribution in [0.25, 0.3) is 10.9 Å². The third-order valence-corrected chi connectivity index (χ3v) is 6.98. The molecule has 1 atom stereocenters. The number of hydrazone groups is 1. The SMILES string of the molecule is Cc1[nH]c2ccccc2c1C=NNC(=O)c1csc2c1CC[C@H](C(C)(C)C)C2. The van der Waals surface area contributed by atoms with Gasteiger partial charge in [0.1, 0.15) is 0 Å². The van der Waals surface area contributed by atoms with Crippen LogP contribution in [0, 0.1) is 18.3 Å². The first-order valence-electron chi connectivity index (χ1n) is 9.84. The Balaban J connectivity index is 1.49. The van der Waals surface area contributed by atoms with E-state index >= 15 is 0 Å². The first-order valence-corrected chi connectivity index (χ1v) is 10.7. The number of aryl methyl sites for hydroxylation is 1. The number of nitrogens with one attached hydrogen (secondary N) is 2. The Bertz CT molecular complexity index is 1050. The van der Waals surface area contributed by atoms with Gasteiger partial charge in [0.15, 0.2) is 0 Å². The Hall–Kier alpha value is -2.40. The number of benzene rings is 1. The van der Waals surface area contributed by atoms with Crippen LogP contribution in [-0.2, 0) is 12.8 Å². The number of aromatic nitrogens is 1. The lowest BCUT2D eigenvalue weighted by molar-refractivity contribution is 0.0954.